The van der Waals surface area contributed by atoms with Crippen molar-refractivity contribution in [3.05, 3.63) is 0 Å². The zero-order valence-corrected chi connectivity index (χ0v) is 12.5. The van der Waals surface area contributed by atoms with Gasteiger partial charge in [-0.1, -0.05) is 6.42 Å². The molecule has 2 saturated heterocycles. The van der Waals surface area contributed by atoms with Crippen LogP contribution in [-0.4, -0.2) is 46.0 Å². The molecule has 6 heteroatoms. The molecule has 0 aromatic carbocycles. The first-order valence-electron chi connectivity index (χ1n) is 7.39. The van der Waals surface area contributed by atoms with Crippen LogP contribution in [0.3, 0.4) is 0 Å². The molecule has 2 rings (SSSR count). The number of piperidine rings is 1. The highest BCUT2D eigenvalue weighted by atomic mass is 32.2. The predicted octanol–water partition coefficient (Wildman–Crippen LogP) is 0.863. The van der Waals surface area contributed by atoms with E-state index >= 15 is 0 Å². The van der Waals surface area contributed by atoms with Gasteiger partial charge in [-0.3, -0.25) is 0 Å². The van der Waals surface area contributed by atoms with Crippen molar-refractivity contribution >= 4 is 10.0 Å². The van der Waals surface area contributed by atoms with Crippen molar-refractivity contribution < 1.29 is 13.2 Å². The summed E-state index contributed by atoms with van der Waals surface area (Å²) in [6, 6.07) is 0.374. The minimum atomic E-state index is -3.14. The molecule has 5 nitrogen and oxygen atoms in total. The zero-order chi connectivity index (χ0) is 13.7. The predicted molar refractivity (Wildman–Crippen MR) is 75.6 cm³/mol. The van der Waals surface area contributed by atoms with Crippen LogP contribution in [0.4, 0.5) is 0 Å². The van der Waals surface area contributed by atoms with Gasteiger partial charge in [0.15, 0.2) is 0 Å². The first-order valence-corrected chi connectivity index (χ1v) is 9.04. The van der Waals surface area contributed by atoms with Gasteiger partial charge in [0.1, 0.15) is 0 Å². The number of nitrogens with one attached hydrogen (secondary N) is 2. The highest BCUT2D eigenvalue weighted by Crippen LogP contribution is 2.19. The third-order valence-electron chi connectivity index (χ3n) is 4.25. The summed E-state index contributed by atoms with van der Waals surface area (Å²) < 4.78 is 32.1. The summed E-state index contributed by atoms with van der Waals surface area (Å²) in [4.78, 5) is 0. The van der Waals surface area contributed by atoms with E-state index in [1.165, 1.54) is 12.8 Å². The van der Waals surface area contributed by atoms with Gasteiger partial charge in [-0.25, -0.2) is 13.1 Å². The maximum Gasteiger partial charge on any atom is 0.211 e. The van der Waals surface area contributed by atoms with Crippen LogP contribution >= 0.6 is 0 Å². The largest absolute Gasteiger partial charge is 0.378 e. The Balaban J connectivity index is 1.69. The highest BCUT2D eigenvalue weighted by molar-refractivity contribution is 7.89. The topological polar surface area (TPSA) is 67.4 Å². The third-order valence-corrected chi connectivity index (χ3v) is 5.63. The zero-order valence-electron chi connectivity index (χ0n) is 11.7. The molecule has 0 aliphatic carbocycles. The Kier molecular flexibility index (Phi) is 5.62. The summed E-state index contributed by atoms with van der Waals surface area (Å²) >= 11 is 0. The van der Waals surface area contributed by atoms with E-state index in [1.807, 2.05) is 6.92 Å². The van der Waals surface area contributed by atoms with Crippen LogP contribution < -0.4 is 10.0 Å². The SMILES string of the molecule is CC1OCCC1CNS(=O)(=O)CCC1CCCCN1. The van der Waals surface area contributed by atoms with E-state index in [1.54, 1.807) is 0 Å². The van der Waals surface area contributed by atoms with E-state index in [9.17, 15) is 8.42 Å². The Morgan fingerprint density at radius 3 is 2.79 bits per heavy atom. The molecule has 3 unspecified atom stereocenters. The monoisotopic (exact) mass is 290 g/mol. The molecule has 0 radical (unpaired) electrons. The second-order valence-corrected chi connectivity index (χ2v) is 7.65. The van der Waals surface area contributed by atoms with Gasteiger partial charge in [-0.15, -0.1) is 0 Å². The molecule has 19 heavy (non-hydrogen) atoms. The van der Waals surface area contributed by atoms with Gasteiger partial charge in [0.25, 0.3) is 0 Å². The van der Waals surface area contributed by atoms with Crippen molar-refractivity contribution in [2.45, 2.75) is 51.2 Å². The Morgan fingerprint density at radius 1 is 1.32 bits per heavy atom. The molecule has 112 valence electrons. The highest BCUT2D eigenvalue weighted by Gasteiger charge is 2.26. The van der Waals surface area contributed by atoms with Gasteiger partial charge in [-0.05, 0) is 39.2 Å². The fourth-order valence-electron chi connectivity index (χ4n) is 2.82. The van der Waals surface area contributed by atoms with Crippen LogP contribution in [0.15, 0.2) is 0 Å². The maximum atomic E-state index is 12.0. The van der Waals surface area contributed by atoms with Crippen LogP contribution in [0.2, 0.25) is 0 Å². The molecule has 0 amide bonds. The third kappa shape index (κ3) is 5.02. The van der Waals surface area contributed by atoms with Crippen molar-refractivity contribution in [3.8, 4) is 0 Å². The van der Waals surface area contributed by atoms with Crippen molar-refractivity contribution in [2.24, 2.45) is 5.92 Å². The number of ether oxygens (including phenoxy) is 1. The van der Waals surface area contributed by atoms with E-state index in [2.05, 4.69) is 10.0 Å². The van der Waals surface area contributed by atoms with Gasteiger partial charge in [0, 0.05) is 25.1 Å². The molecule has 0 aromatic rings. The Bertz CT molecular complexity index is 366. The molecule has 3 atom stereocenters. The van der Waals surface area contributed by atoms with Crippen LogP contribution in [-0.2, 0) is 14.8 Å². The van der Waals surface area contributed by atoms with Crippen molar-refractivity contribution in [1.29, 1.82) is 0 Å². The minimum absolute atomic E-state index is 0.169. The van der Waals surface area contributed by atoms with Gasteiger partial charge >= 0.3 is 0 Å². The quantitative estimate of drug-likeness (QED) is 0.761. The van der Waals surface area contributed by atoms with Gasteiger partial charge in [0.05, 0.1) is 11.9 Å². The molecule has 2 aliphatic heterocycles. The number of hydrogen-bond donors (Lipinski definition) is 2. The van der Waals surface area contributed by atoms with Crippen molar-refractivity contribution in [2.75, 3.05) is 25.4 Å². The summed E-state index contributed by atoms with van der Waals surface area (Å²) in [7, 11) is -3.14. The second kappa shape index (κ2) is 7.02. The van der Waals surface area contributed by atoms with Crippen LogP contribution in [0, 0.1) is 5.92 Å². The Labute approximate surface area is 116 Å². The minimum Gasteiger partial charge on any atom is -0.378 e. The molecule has 0 bridgehead atoms. The Morgan fingerprint density at radius 2 is 2.16 bits per heavy atom. The first-order chi connectivity index (χ1) is 9.07. The lowest BCUT2D eigenvalue weighted by molar-refractivity contribution is 0.107. The average Bonchev–Trinajstić information content (AvgIpc) is 2.81. The molecular formula is C13H26N2O3S. The molecule has 0 aromatic heterocycles. The number of rotatable bonds is 6. The van der Waals surface area contributed by atoms with E-state index in [0.717, 1.165) is 26.0 Å². The lowest BCUT2D eigenvalue weighted by Gasteiger charge is -2.23. The summed E-state index contributed by atoms with van der Waals surface area (Å²) in [6.45, 7) is 4.30. The maximum absolute atomic E-state index is 12.0. The van der Waals surface area contributed by atoms with Crippen LogP contribution in [0.5, 0.6) is 0 Å². The Hall–Kier alpha value is -0.170. The average molecular weight is 290 g/mol. The molecule has 2 heterocycles. The van der Waals surface area contributed by atoms with Crippen molar-refractivity contribution in [1.82, 2.24) is 10.0 Å². The summed E-state index contributed by atoms with van der Waals surface area (Å²) in [5.74, 6) is 0.551. The van der Waals surface area contributed by atoms with E-state index in [-0.39, 0.29) is 11.9 Å². The standard InChI is InChI=1S/C13H26N2O3S/c1-11-12(5-8-18-11)10-15-19(16,17)9-6-13-4-2-3-7-14-13/h11-15H,2-10H2,1H3. The fraction of sp³-hybridized carbons (Fsp3) is 1.00. The molecular weight excluding hydrogens is 264 g/mol. The molecule has 0 saturated carbocycles. The van der Waals surface area contributed by atoms with Crippen LogP contribution in [0.1, 0.15) is 39.0 Å². The van der Waals surface area contributed by atoms with Crippen molar-refractivity contribution in [3.63, 3.8) is 0 Å². The molecule has 0 spiro atoms. The summed E-state index contributed by atoms with van der Waals surface area (Å²) in [6.07, 6.45) is 5.36. The molecule has 2 N–H and O–H groups in total. The summed E-state index contributed by atoms with van der Waals surface area (Å²) in [5.41, 5.74) is 0. The number of hydrogen-bond acceptors (Lipinski definition) is 4. The number of sulfonamides is 1. The van der Waals surface area contributed by atoms with Gasteiger partial charge < -0.3 is 10.1 Å². The molecule has 2 fully saturated rings. The van der Waals surface area contributed by atoms with E-state index < -0.39 is 10.0 Å². The fourth-order valence-corrected chi connectivity index (χ4v) is 4.03. The van der Waals surface area contributed by atoms with E-state index in [4.69, 9.17) is 4.74 Å². The second-order valence-electron chi connectivity index (χ2n) is 5.73. The smallest absolute Gasteiger partial charge is 0.211 e. The van der Waals surface area contributed by atoms with Gasteiger partial charge in [-0.2, -0.15) is 0 Å². The van der Waals surface area contributed by atoms with Gasteiger partial charge in [0.2, 0.25) is 10.0 Å². The molecule has 2 aliphatic rings. The first kappa shape index (κ1) is 15.2. The van der Waals surface area contributed by atoms with Crippen LogP contribution in [0.25, 0.3) is 0 Å². The lowest BCUT2D eigenvalue weighted by atomic mass is 10.0. The van der Waals surface area contributed by atoms with E-state index in [0.29, 0.717) is 24.9 Å². The summed E-state index contributed by atoms with van der Waals surface area (Å²) in [5, 5.41) is 3.38. The normalized spacial score (nSPS) is 32.6. The lowest BCUT2D eigenvalue weighted by Crippen LogP contribution is -2.38.